The highest BCUT2D eigenvalue weighted by atomic mass is 35.5. The zero-order valence-electron chi connectivity index (χ0n) is 11.8. The van der Waals surface area contributed by atoms with E-state index in [9.17, 15) is 4.79 Å². The molecule has 0 aliphatic heterocycles. The van der Waals surface area contributed by atoms with E-state index >= 15 is 0 Å². The maximum absolute atomic E-state index is 12.0. The third kappa shape index (κ3) is 3.02. The molecule has 3 aromatic rings. The standard InChI is InChI=1S/C17H13ClN2O2/c1-22-13-6-2-11(3-7-13)4-8-15-17(21)20-16-10-12(18)5-9-14(16)19-15/h2-10H,1H3,(H,20,21). The average Bonchev–Trinajstić information content (AvgIpc) is 2.53. The molecule has 1 N–H and O–H groups in total. The van der Waals surface area contributed by atoms with E-state index in [0.717, 1.165) is 11.3 Å². The molecule has 0 saturated heterocycles. The molecule has 0 amide bonds. The van der Waals surface area contributed by atoms with Crippen LogP contribution in [0.5, 0.6) is 5.75 Å². The quantitative estimate of drug-likeness (QED) is 0.801. The van der Waals surface area contributed by atoms with E-state index in [4.69, 9.17) is 16.3 Å². The molecule has 22 heavy (non-hydrogen) atoms. The van der Waals surface area contributed by atoms with Crippen molar-refractivity contribution in [1.29, 1.82) is 0 Å². The number of nitrogens with zero attached hydrogens (tertiary/aromatic N) is 1. The number of nitrogens with one attached hydrogen (secondary N) is 1. The first-order valence-electron chi connectivity index (χ1n) is 6.67. The first-order chi connectivity index (χ1) is 10.7. The van der Waals surface area contributed by atoms with Gasteiger partial charge in [-0.1, -0.05) is 29.8 Å². The van der Waals surface area contributed by atoms with Crippen molar-refractivity contribution < 1.29 is 4.74 Å². The van der Waals surface area contributed by atoms with Crippen LogP contribution in [0.3, 0.4) is 0 Å². The Hall–Kier alpha value is -2.59. The number of rotatable bonds is 3. The molecule has 0 radical (unpaired) electrons. The minimum absolute atomic E-state index is 0.250. The summed E-state index contributed by atoms with van der Waals surface area (Å²) in [6.45, 7) is 0. The predicted octanol–water partition coefficient (Wildman–Crippen LogP) is 3.76. The molecule has 0 unspecified atom stereocenters. The molecule has 2 aromatic carbocycles. The van der Waals surface area contributed by atoms with Gasteiger partial charge in [-0.05, 0) is 42.0 Å². The molecule has 0 atom stereocenters. The second-order valence-electron chi connectivity index (χ2n) is 4.72. The molecule has 1 heterocycles. The highest BCUT2D eigenvalue weighted by molar-refractivity contribution is 6.31. The number of benzene rings is 2. The summed E-state index contributed by atoms with van der Waals surface area (Å²) in [7, 11) is 1.62. The molecule has 110 valence electrons. The van der Waals surface area contributed by atoms with Gasteiger partial charge in [0.05, 0.1) is 18.1 Å². The molecule has 0 saturated carbocycles. The Morgan fingerprint density at radius 2 is 1.91 bits per heavy atom. The molecule has 0 spiro atoms. The van der Waals surface area contributed by atoms with Crippen LogP contribution in [-0.4, -0.2) is 17.1 Å². The van der Waals surface area contributed by atoms with Gasteiger partial charge in [0.1, 0.15) is 11.4 Å². The zero-order chi connectivity index (χ0) is 15.5. The molecule has 0 fully saturated rings. The van der Waals surface area contributed by atoms with Gasteiger partial charge in [-0.3, -0.25) is 4.79 Å². The zero-order valence-corrected chi connectivity index (χ0v) is 12.6. The van der Waals surface area contributed by atoms with Crippen LogP contribution in [0.15, 0.2) is 47.3 Å². The second-order valence-corrected chi connectivity index (χ2v) is 5.16. The number of fused-ring (bicyclic) bond motifs is 1. The first kappa shape index (κ1) is 14.4. The molecule has 0 aliphatic rings. The van der Waals surface area contributed by atoms with E-state index in [1.165, 1.54) is 0 Å². The van der Waals surface area contributed by atoms with Crippen molar-refractivity contribution in [2.75, 3.05) is 7.11 Å². The van der Waals surface area contributed by atoms with Gasteiger partial charge < -0.3 is 9.72 Å². The number of aromatic amines is 1. The highest BCUT2D eigenvalue weighted by Gasteiger charge is 2.02. The molecule has 4 nitrogen and oxygen atoms in total. The molecule has 5 heteroatoms. The molecular weight excluding hydrogens is 300 g/mol. The topological polar surface area (TPSA) is 55.0 Å². The van der Waals surface area contributed by atoms with Crippen molar-refractivity contribution in [2.45, 2.75) is 0 Å². The monoisotopic (exact) mass is 312 g/mol. The number of aromatic nitrogens is 2. The summed E-state index contributed by atoms with van der Waals surface area (Å²) in [4.78, 5) is 19.2. The Bertz CT molecular complexity index is 899. The fourth-order valence-corrected chi connectivity index (χ4v) is 2.25. The smallest absolute Gasteiger partial charge is 0.274 e. The second kappa shape index (κ2) is 6.03. The first-order valence-corrected chi connectivity index (χ1v) is 7.05. The molecule has 0 aliphatic carbocycles. The van der Waals surface area contributed by atoms with E-state index in [1.54, 1.807) is 31.4 Å². The van der Waals surface area contributed by atoms with Crippen LogP contribution in [0.1, 0.15) is 11.3 Å². The van der Waals surface area contributed by atoms with Crippen LogP contribution in [-0.2, 0) is 0 Å². The molecule has 0 bridgehead atoms. The van der Waals surface area contributed by atoms with Gasteiger partial charge in [-0.25, -0.2) is 4.98 Å². The predicted molar refractivity (Wildman–Crippen MR) is 89.3 cm³/mol. The van der Waals surface area contributed by atoms with Crippen LogP contribution >= 0.6 is 11.6 Å². The minimum Gasteiger partial charge on any atom is -0.497 e. The van der Waals surface area contributed by atoms with Crippen LogP contribution in [0, 0.1) is 0 Å². The summed E-state index contributed by atoms with van der Waals surface area (Å²) >= 11 is 5.90. The molecule has 3 rings (SSSR count). The third-order valence-corrected chi connectivity index (χ3v) is 3.46. The van der Waals surface area contributed by atoms with Gasteiger partial charge in [-0.15, -0.1) is 0 Å². The van der Waals surface area contributed by atoms with Gasteiger partial charge in [0.15, 0.2) is 0 Å². The summed E-state index contributed by atoms with van der Waals surface area (Å²) in [5, 5.41) is 0.562. The summed E-state index contributed by atoms with van der Waals surface area (Å²) in [6, 6.07) is 12.7. The Morgan fingerprint density at radius 1 is 1.14 bits per heavy atom. The maximum Gasteiger partial charge on any atom is 0.274 e. The van der Waals surface area contributed by atoms with E-state index in [1.807, 2.05) is 30.3 Å². The van der Waals surface area contributed by atoms with Crippen molar-refractivity contribution in [3.05, 3.63) is 69.1 Å². The highest BCUT2D eigenvalue weighted by Crippen LogP contribution is 2.16. The van der Waals surface area contributed by atoms with Crippen LogP contribution in [0.4, 0.5) is 0 Å². The number of hydrogen-bond donors (Lipinski definition) is 1. The van der Waals surface area contributed by atoms with Crippen LogP contribution in [0.2, 0.25) is 5.02 Å². The lowest BCUT2D eigenvalue weighted by atomic mass is 10.2. The van der Waals surface area contributed by atoms with Crippen molar-refractivity contribution in [3.63, 3.8) is 0 Å². The van der Waals surface area contributed by atoms with Gasteiger partial charge in [0.2, 0.25) is 0 Å². The molecular formula is C17H13ClN2O2. The van der Waals surface area contributed by atoms with Crippen LogP contribution < -0.4 is 10.3 Å². The van der Waals surface area contributed by atoms with Gasteiger partial charge in [0, 0.05) is 5.02 Å². The van der Waals surface area contributed by atoms with E-state index < -0.39 is 0 Å². The van der Waals surface area contributed by atoms with E-state index in [2.05, 4.69) is 9.97 Å². The average molecular weight is 313 g/mol. The largest absolute Gasteiger partial charge is 0.497 e. The van der Waals surface area contributed by atoms with Gasteiger partial charge in [0.25, 0.3) is 5.56 Å². The van der Waals surface area contributed by atoms with Crippen molar-refractivity contribution in [3.8, 4) is 5.75 Å². The Morgan fingerprint density at radius 3 is 2.64 bits per heavy atom. The fraction of sp³-hybridized carbons (Fsp3) is 0.0588. The van der Waals surface area contributed by atoms with E-state index in [0.29, 0.717) is 21.7 Å². The Kier molecular flexibility index (Phi) is 3.94. The lowest BCUT2D eigenvalue weighted by Crippen LogP contribution is -2.11. The molecule has 1 aromatic heterocycles. The van der Waals surface area contributed by atoms with Crippen molar-refractivity contribution >= 4 is 34.8 Å². The summed E-state index contributed by atoms with van der Waals surface area (Å²) in [6.07, 6.45) is 3.52. The number of halogens is 1. The van der Waals surface area contributed by atoms with Crippen LogP contribution in [0.25, 0.3) is 23.2 Å². The van der Waals surface area contributed by atoms with Gasteiger partial charge >= 0.3 is 0 Å². The van der Waals surface area contributed by atoms with Crippen molar-refractivity contribution in [2.24, 2.45) is 0 Å². The summed E-state index contributed by atoms with van der Waals surface area (Å²) < 4.78 is 5.11. The minimum atomic E-state index is -0.250. The third-order valence-electron chi connectivity index (χ3n) is 3.23. The summed E-state index contributed by atoms with van der Waals surface area (Å²) in [5.41, 5.74) is 2.38. The van der Waals surface area contributed by atoms with Crippen molar-refractivity contribution in [1.82, 2.24) is 9.97 Å². The van der Waals surface area contributed by atoms with E-state index in [-0.39, 0.29) is 5.56 Å². The normalized spacial score (nSPS) is 11.2. The number of methoxy groups -OCH3 is 1. The Balaban J connectivity index is 1.95. The number of hydrogen-bond acceptors (Lipinski definition) is 3. The SMILES string of the molecule is COc1ccc(C=Cc2nc3ccc(Cl)cc3[nH]c2=O)cc1. The fourth-order valence-electron chi connectivity index (χ4n) is 2.08. The maximum atomic E-state index is 12.0. The number of ether oxygens (including phenoxy) is 1. The Labute approximate surface area is 132 Å². The van der Waals surface area contributed by atoms with Gasteiger partial charge in [-0.2, -0.15) is 0 Å². The lowest BCUT2D eigenvalue weighted by Gasteiger charge is -2.00. The summed E-state index contributed by atoms with van der Waals surface area (Å²) in [5.74, 6) is 0.788. The lowest BCUT2D eigenvalue weighted by molar-refractivity contribution is 0.415. The number of H-pyrrole nitrogens is 1.